The zero-order chi connectivity index (χ0) is 15.4. The minimum absolute atomic E-state index is 0.101. The van der Waals surface area contributed by atoms with E-state index in [-0.39, 0.29) is 17.5 Å². The van der Waals surface area contributed by atoms with E-state index in [0.29, 0.717) is 6.61 Å². The van der Waals surface area contributed by atoms with Gasteiger partial charge in [-0.25, -0.2) is 4.39 Å². The van der Waals surface area contributed by atoms with E-state index < -0.39 is 0 Å². The van der Waals surface area contributed by atoms with Crippen LogP contribution in [0.3, 0.4) is 0 Å². The van der Waals surface area contributed by atoms with Crippen LogP contribution in [0, 0.1) is 5.82 Å². The smallest absolute Gasteiger partial charge is 0.123 e. The molecule has 0 saturated carbocycles. The summed E-state index contributed by atoms with van der Waals surface area (Å²) in [5, 5.41) is 9.49. The summed E-state index contributed by atoms with van der Waals surface area (Å²) >= 11 is 0. The number of phenolic OH excluding ortho intramolecular Hbond substituents is 1. The molecule has 1 unspecified atom stereocenters. The second-order valence-corrected chi connectivity index (χ2v) is 5.88. The van der Waals surface area contributed by atoms with E-state index >= 15 is 0 Å². The fourth-order valence-electron chi connectivity index (χ4n) is 3.12. The van der Waals surface area contributed by atoms with Crippen molar-refractivity contribution in [3.63, 3.8) is 0 Å². The lowest BCUT2D eigenvalue weighted by atomic mass is 9.86. The standard InChI is InChI=1S/C19H21FO2/c20-15-8-11-19-18(13-15)17(5-3-1-2-4-12-22-19)14-6-9-16(21)10-7-14/h6-11,13,17,21H,1-5,12H2. The molecule has 3 heteroatoms. The predicted molar refractivity (Wildman–Crippen MR) is 84.9 cm³/mol. The molecule has 1 atom stereocenters. The van der Waals surface area contributed by atoms with Gasteiger partial charge in [0.15, 0.2) is 0 Å². The van der Waals surface area contributed by atoms with E-state index in [0.717, 1.165) is 36.1 Å². The molecular weight excluding hydrogens is 279 g/mol. The van der Waals surface area contributed by atoms with Gasteiger partial charge in [-0.2, -0.15) is 0 Å². The Balaban J connectivity index is 2.02. The van der Waals surface area contributed by atoms with Crippen LogP contribution in [-0.4, -0.2) is 11.7 Å². The first-order valence-corrected chi connectivity index (χ1v) is 7.95. The van der Waals surface area contributed by atoms with Crippen molar-refractivity contribution in [2.45, 2.75) is 38.0 Å². The van der Waals surface area contributed by atoms with Gasteiger partial charge in [0.1, 0.15) is 17.3 Å². The number of benzene rings is 2. The van der Waals surface area contributed by atoms with E-state index in [4.69, 9.17) is 4.74 Å². The van der Waals surface area contributed by atoms with Gasteiger partial charge in [0.25, 0.3) is 0 Å². The number of hydrogen-bond acceptors (Lipinski definition) is 2. The molecule has 2 aromatic rings. The fraction of sp³-hybridized carbons (Fsp3) is 0.368. The summed E-state index contributed by atoms with van der Waals surface area (Å²) in [6.45, 7) is 0.681. The summed E-state index contributed by atoms with van der Waals surface area (Å²) in [7, 11) is 0. The summed E-state index contributed by atoms with van der Waals surface area (Å²) in [5.41, 5.74) is 2.00. The summed E-state index contributed by atoms with van der Waals surface area (Å²) in [5.74, 6) is 0.897. The Kier molecular flexibility index (Phi) is 4.62. The summed E-state index contributed by atoms with van der Waals surface area (Å²) in [6, 6.07) is 12.0. The minimum Gasteiger partial charge on any atom is -0.508 e. The fourth-order valence-corrected chi connectivity index (χ4v) is 3.12. The van der Waals surface area contributed by atoms with E-state index in [1.165, 1.54) is 18.9 Å². The molecule has 1 N–H and O–H groups in total. The van der Waals surface area contributed by atoms with Crippen molar-refractivity contribution in [3.05, 3.63) is 59.4 Å². The highest BCUT2D eigenvalue weighted by Gasteiger charge is 2.20. The number of aromatic hydroxyl groups is 1. The third-order valence-corrected chi connectivity index (χ3v) is 4.29. The highest BCUT2D eigenvalue weighted by atomic mass is 19.1. The Labute approximate surface area is 130 Å². The molecule has 0 aromatic heterocycles. The van der Waals surface area contributed by atoms with Crippen molar-refractivity contribution < 1.29 is 14.2 Å². The first-order valence-electron chi connectivity index (χ1n) is 7.95. The molecule has 0 fully saturated rings. The lowest BCUT2D eigenvalue weighted by Gasteiger charge is -2.23. The molecule has 1 aliphatic heterocycles. The number of ether oxygens (including phenoxy) is 1. The second kappa shape index (κ2) is 6.82. The Morgan fingerprint density at radius 2 is 1.73 bits per heavy atom. The first kappa shape index (κ1) is 14.9. The predicted octanol–water partition coefficient (Wildman–Crippen LogP) is 5.01. The monoisotopic (exact) mass is 300 g/mol. The van der Waals surface area contributed by atoms with Gasteiger partial charge < -0.3 is 9.84 Å². The van der Waals surface area contributed by atoms with E-state index in [1.54, 1.807) is 24.3 Å². The molecule has 0 spiro atoms. The van der Waals surface area contributed by atoms with Crippen LogP contribution < -0.4 is 4.74 Å². The SMILES string of the molecule is Oc1ccc(C2CCCCCCOc3ccc(F)cc32)cc1. The van der Waals surface area contributed by atoms with Gasteiger partial charge in [0, 0.05) is 11.5 Å². The molecule has 2 aromatic carbocycles. The van der Waals surface area contributed by atoms with Crippen LogP contribution in [0.25, 0.3) is 0 Å². The summed E-state index contributed by atoms with van der Waals surface area (Å²) in [4.78, 5) is 0. The van der Waals surface area contributed by atoms with Gasteiger partial charge in [-0.05, 0) is 48.7 Å². The molecule has 22 heavy (non-hydrogen) atoms. The topological polar surface area (TPSA) is 29.5 Å². The van der Waals surface area contributed by atoms with Gasteiger partial charge in [0.2, 0.25) is 0 Å². The van der Waals surface area contributed by atoms with Crippen LogP contribution >= 0.6 is 0 Å². The molecular formula is C19H21FO2. The maximum Gasteiger partial charge on any atom is 0.123 e. The largest absolute Gasteiger partial charge is 0.508 e. The second-order valence-electron chi connectivity index (χ2n) is 5.88. The van der Waals surface area contributed by atoms with Crippen molar-refractivity contribution in [1.82, 2.24) is 0 Å². The number of fused-ring (bicyclic) bond motifs is 1. The lowest BCUT2D eigenvalue weighted by Crippen LogP contribution is -2.08. The molecule has 2 nitrogen and oxygen atoms in total. The Bertz CT molecular complexity index is 622. The van der Waals surface area contributed by atoms with Crippen LogP contribution in [0.15, 0.2) is 42.5 Å². The normalized spacial score (nSPS) is 19.0. The summed E-state index contributed by atoms with van der Waals surface area (Å²) < 4.78 is 19.6. The number of halogens is 1. The molecule has 0 aliphatic carbocycles. The lowest BCUT2D eigenvalue weighted by molar-refractivity contribution is 0.295. The van der Waals surface area contributed by atoms with Gasteiger partial charge in [-0.3, -0.25) is 0 Å². The number of hydrogen-bond donors (Lipinski definition) is 1. The van der Waals surface area contributed by atoms with Gasteiger partial charge in [-0.1, -0.05) is 31.4 Å². The van der Waals surface area contributed by atoms with Crippen molar-refractivity contribution in [2.75, 3.05) is 6.61 Å². The molecule has 0 bridgehead atoms. The van der Waals surface area contributed by atoms with Crippen LogP contribution in [-0.2, 0) is 0 Å². The van der Waals surface area contributed by atoms with Crippen LogP contribution in [0.5, 0.6) is 11.5 Å². The van der Waals surface area contributed by atoms with E-state index in [1.807, 2.05) is 12.1 Å². The van der Waals surface area contributed by atoms with Gasteiger partial charge in [0.05, 0.1) is 6.61 Å². The minimum atomic E-state index is -0.233. The molecule has 1 heterocycles. The number of phenols is 1. The molecule has 116 valence electrons. The molecule has 0 amide bonds. The van der Waals surface area contributed by atoms with Crippen molar-refractivity contribution in [2.24, 2.45) is 0 Å². The van der Waals surface area contributed by atoms with Gasteiger partial charge in [-0.15, -0.1) is 0 Å². The zero-order valence-corrected chi connectivity index (χ0v) is 12.6. The zero-order valence-electron chi connectivity index (χ0n) is 12.6. The maximum atomic E-state index is 13.8. The summed E-state index contributed by atoms with van der Waals surface area (Å²) in [6.07, 6.45) is 5.45. The molecule has 3 rings (SSSR count). The highest BCUT2D eigenvalue weighted by Crippen LogP contribution is 2.37. The van der Waals surface area contributed by atoms with Crippen molar-refractivity contribution in [1.29, 1.82) is 0 Å². The van der Waals surface area contributed by atoms with Crippen LogP contribution in [0.4, 0.5) is 4.39 Å². The van der Waals surface area contributed by atoms with Gasteiger partial charge >= 0.3 is 0 Å². The number of rotatable bonds is 1. The average molecular weight is 300 g/mol. The van der Waals surface area contributed by atoms with E-state index in [2.05, 4.69) is 0 Å². The highest BCUT2D eigenvalue weighted by molar-refractivity contribution is 5.43. The first-order chi connectivity index (χ1) is 10.7. The Hall–Kier alpha value is -2.03. The van der Waals surface area contributed by atoms with E-state index in [9.17, 15) is 9.50 Å². The quantitative estimate of drug-likeness (QED) is 0.802. The third-order valence-electron chi connectivity index (χ3n) is 4.29. The Morgan fingerprint density at radius 3 is 2.55 bits per heavy atom. The average Bonchev–Trinajstić information content (AvgIpc) is 2.53. The molecule has 1 aliphatic rings. The van der Waals surface area contributed by atoms with Crippen molar-refractivity contribution >= 4 is 0 Å². The molecule has 0 saturated heterocycles. The van der Waals surface area contributed by atoms with Crippen molar-refractivity contribution in [3.8, 4) is 11.5 Å². The van der Waals surface area contributed by atoms with Crippen LogP contribution in [0.1, 0.15) is 49.1 Å². The third kappa shape index (κ3) is 3.41. The maximum absolute atomic E-state index is 13.8. The van der Waals surface area contributed by atoms with Crippen LogP contribution in [0.2, 0.25) is 0 Å². The molecule has 0 radical (unpaired) electrons. The Morgan fingerprint density at radius 1 is 0.955 bits per heavy atom.